The minimum Gasteiger partial charge on any atom is -0.460 e. The number of ketones is 3. The number of hydrogen-bond donors (Lipinski definition) is 3. The third-order valence-electron chi connectivity index (χ3n) is 14.7. The second-order valence-electron chi connectivity index (χ2n) is 19.9. The third-order valence-corrected chi connectivity index (χ3v) is 14.7. The lowest BCUT2D eigenvalue weighted by Crippen LogP contribution is -2.61. The molecule has 1 aliphatic carbocycles. The van der Waals surface area contributed by atoms with Crippen LogP contribution in [0.5, 0.6) is 0 Å². The number of nitrogens with zero attached hydrogens (tertiary/aromatic N) is 1. The first-order chi connectivity index (χ1) is 29.7. The Balaban J connectivity index is 1.69. The van der Waals surface area contributed by atoms with Crippen molar-refractivity contribution in [1.29, 1.82) is 0 Å². The second kappa shape index (κ2) is 23.8. The van der Waals surface area contributed by atoms with Gasteiger partial charge in [-0.25, -0.2) is 4.79 Å². The Morgan fingerprint density at radius 1 is 0.873 bits per heavy atom. The number of aliphatic hydroxyl groups is 3. The minimum absolute atomic E-state index is 0.0150. The summed E-state index contributed by atoms with van der Waals surface area (Å²) in [6, 6.07) is -1.11. The molecule has 1 amide bonds. The summed E-state index contributed by atoms with van der Waals surface area (Å²) >= 11 is 0. The predicted molar refractivity (Wildman–Crippen MR) is 242 cm³/mol. The number of cyclic esters (lactones) is 1. The van der Waals surface area contributed by atoms with Crippen LogP contribution in [0, 0.1) is 47.3 Å². The molecule has 0 spiro atoms. The Hall–Kier alpha value is -3.29. The van der Waals surface area contributed by atoms with Crippen LogP contribution in [0.1, 0.15) is 139 Å². The van der Waals surface area contributed by atoms with Crippen molar-refractivity contribution >= 4 is 29.2 Å². The maximum Gasteiger partial charge on any atom is 0.329 e. The van der Waals surface area contributed by atoms with E-state index in [9.17, 15) is 39.3 Å². The Kier molecular flexibility index (Phi) is 19.7. The van der Waals surface area contributed by atoms with E-state index < -0.39 is 71.8 Å². The van der Waals surface area contributed by atoms with Crippen LogP contribution in [0.3, 0.4) is 0 Å². The smallest absolute Gasteiger partial charge is 0.329 e. The van der Waals surface area contributed by atoms with Crippen LogP contribution in [0.25, 0.3) is 0 Å². The average Bonchev–Trinajstić information content (AvgIpc) is 3.24. The van der Waals surface area contributed by atoms with Gasteiger partial charge in [-0.2, -0.15) is 0 Å². The molecule has 3 aliphatic heterocycles. The predicted octanol–water partition coefficient (Wildman–Crippen LogP) is 7.42. The zero-order valence-electron chi connectivity index (χ0n) is 39.8. The van der Waals surface area contributed by atoms with Gasteiger partial charge < -0.3 is 34.4 Å². The van der Waals surface area contributed by atoms with Crippen LogP contribution < -0.4 is 0 Å². The van der Waals surface area contributed by atoms with E-state index in [4.69, 9.17) is 14.2 Å². The number of hydrogen-bond acceptors (Lipinski definition) is 11. The highest BCUT2D eigenvalue weighted by atomic mass is 16.6. The Morgan fingerprint density at radius 3 is 2.27 bits per heavy atom. The first-order valence-electron chi connectivity index (χ1n) is 23.8. The summed E-state index contributed by atoms with van der Waals surface area (Å²) in [7, 11) is 1.53. The van der Waals surface area contributed by atoms with E-state index in [1.54, 1.807) is 26.8 Å². The minimum atomic E-state index is -2.46. The summed E-state index contributed by atoms with van der Waals surface area (Å²) in [5.41, 5.74) is 1.48. The number of fused-ring (bicyclic) bond motifs is 3. The normalized spacial score (nSPS) is 41.3. The highest BCUT2D eigenvalue weighted by molar-refractivity contribution is 6.39. The number of esters is 1. The van der Waals surface area contributed by atoms with Crippen LogP contribution in [-0.2, 0) is 38.2 Å². The molecule has 12 nitrogen and oxygen atoms in total. The lowest BCUT2D eigenvalue weighted by molar-refractivity contribution is -0.265. The number of piperidine rings is 1. The van der Waals surface area contributed by atoms with E-state index in [0.29, 0.717) is 50.5 Å². The van der Waals surface area contributed by atoms with Gasteiger partial charge >= 0.3 is 5.97 Å². The van der Waals surface area contributed by atoms with Gasteiger partial charge in [0, 0.05) is 50.2 Å². The van der Waals surface area contributed by atoms with Crippen LogP contribution in [0.4, 0.5) is 0 Å². The molecule has 2 unspecified atom stereocenters. The summed E-state index contributed by atoms with van der Waals surface area (Å²) in [5, 5.41) is 33.6. The molecule has 0 aromatic carbocycles. The molecule has 15 atom stereocenters. The van der Waals surface area contributed by atoms with Crippen LogP contribution in [0.15, 0.2) is 47.6 Å². The number of carbonyl (C=O) groups excluding carboxylic acids is 5. The lowest BCUT2D eigenvalue weighted by atomic mass is 9.76. The molecule has 2 saturated heterocycles. The number of carbonyl (C=O) groups is 5. The molecule has 354 valence electrons. The van der Waals surface area contributed by atoms with Gasteiger partial charge in [0.1, 0.15) is 24.0 Å². The van der Waals surface area contributed by atoms with Gasteiger partial charge in [-0.15, -0.1) is 0 Å². The molecule has 3 heterocycles. The maximum absolute atomic E-state index is 14.3. The van der Waals surface area contributed by atoms with E-state index in [1.165, 1.54) is 12.0 Å². The van der Waals surface area contributed by atoms with Gasteiger partial charge in [-0.1, -0.05) is 90.5 Å². The van der Waals surface area contributed by atoms with Crippen molar-refractivity contribution in [2.75, 3.05) is 13.7 Å². The fraction of sp³-hybridized carbons (Fsp3) is 0.745. The third kappa shape index (κ3) is 13.9. The fourth-order valence-corrected chi connectivity index (χ4v) is 10.0. The number of rotatable bonds is 4. The molecule has 0 aromatic heterocycles. The standard InChI is InChI=1S/C51H79NO11/c1-30-16-12-11-13-17-31(2)43(54)28-40-22-20-37(8)51(60,63-40)48(57)49(58)52-23-15-14-18-41(52)50(59)62-45(35(6)26-39-21-19-32(3)42(53)27-39)29-44(55)34(5)25-33(4)38(9)47(61-10)46(56)36(7)24-30/h11-13,16-17,25,30,32,34-43,45,47,53-54,60H,14-15,18-24,26-29H2,1-10H3/b13-11+,16-12+,31-17+,33-25+/t30-,32-,34-,35-,36-,37-,38-,39+,40?,41+,42-,43?,45+,47-,51-/m1/s1. The summed E-state index contributed by atoms with van der Waals surface area (Å²) in [5.74, 6) is -7.26. The fourth-order valence-electron chi connectivity index (χ4n) is 10.0. The maximum atomic E-state index is 14.3. The molecule has 1 saturated carbocycles. The van der Waals surface area contributed by atoms with E-state index >= 15 is 0 Å². The molecule has 2 bridgehead atoms. The number of allylic oxidation sites excluding steroid dienone is 6. The number of amides is 1. The molecular weight excluding hydrogens is 803 g/mol. The van der Waals surface area contributed by atoms with Crippen LogP contribution in [0.2, 0.25) is 0 Å². The van der Waals surface area contributed by atoms with Crippen molar-refractivity contribution < 1.29 is 53.5 Å². The molecule has 0 radical (unpaired) electrons. The van der Waals surface area contributed by atoms with Crippen LogP contribution in [-0.4, -0.2) is 105 Å². The molecule has 3 N–H and O–H groups in total. The Labute approximate surface area is 376 Å². The van der Waals surface area contributed by atoms with Crippen molar-refractivity contribution in [3.8, 4) is 0 Å². The Morgan fingerprint density at radius 2 is 1.59 bits per heavy atom. The van der Waals surface area contributed by atoms with Gasteiger partial charge in [0.15, 0.2) is 5.78 Å². The van der Waals surface area contributed by atoms with Gasteiger partial charge in [0.25, 0.3) is 11.7 Å². The van der Waals surface area contributed by atoms with Gasteiger partial charge in [-0.05, 0) is 107 Å². The first kappa shape index (κ1) is 52.3. The van der Waals surface area contributed by atoms with Gasteiger partial charge in [-0.3, -0.25) is 19.2 Å². The number of methoxy groups -OCH3 is 1. The monoisotopic (exact) mass is 882 g/mol. The second-order valence-corrected chi connectivity index (χ2v) is 19.9. The highest BCUT2D eigenvalue weighted by Crippen LogP contribution is 2.38. The topological polar surface area (TPSA) is 177 Å². The van der Waals surface area contributed by atoms with E-state index in [-0.39, 0.29) is 72.9 Å². The van der Waals surface area contributed by atoms with Gasteiger partial charge in [0.2, 0.25) is 5.79 Å². The molecule has 4 rings (SSSR count). The largest absolute Gasteiger partial charge is 0.460 e. The summed E-state index contributed by atoms with van der Waals surface area (Å²) in [4.78, 5) is 71.7. The number of ether oxygens (including phenoxy) is 3. The number of aliphatic hydroxyl groups excluding tert-OH is 2. The van der Waals surface area contributed by atoms with Crippen LogP contribution >= 0.6 is 0 Å². The first-order valence-corrected chi connectivity index (χ1v) is 23.8. The molecule has 0 aromatic rings. The number of Topliss-reactive ketones (excluding diaryl/α,β-unsaturated/α-hetero) is 3. The summed E-state index contributed by atoms with van der Waals surface area (Å²) in [6.45, 7) is 17.1. The average molecular weight is 882 g/mol. The molecule has 3 fully saturated rings. The Bertz CT molecular complexity index is 1720. The zero-order chi connectivity index (χ0) is 46.8. The molecular formula is C51H79NO11. The van der Waals surface area contributed by atoms with E-state index in [1.807, 2.05) is 71.9 Å². The van der Waals surface area contributed by atoms with Crippen molar-refractivity contribution in [2.45, 2.75) is 182 Å². The molecule has 4 aliphatic rings. The lowest BCUT2D eigenvalue weighted by Gasteiger charge is -2.42. The molecule has 12 heteroatoms. The van der Waals surface area contributed by atoms with Crippen molar-refractivity contribution in [1.82, 2.24) is 4.90 Å². The zero-order valence-corrected chi connectivity index (χ0v) is 39.8. The van der Waals surface area contributed by atoms with E-state index in [0.717, 1.165) is 18.4 Å². The van der Waals surface area contributed by atoms with Gasteiger partial charge in [0.05, 0.1) is 18.3 Å². The summed E-state index contributed by atoms with van der Waals surface area (Å²) in [6.07, 6.45) is 13.4. The van der Waals surface area contributed by atoms with Crippen molar-refractivity contribution in [3.63, 3.8) is 0 Å². The van der Waals surface area contributed by atoms with Crippen molar-refractivity contribution in [3.05, 3.63) is 47.6 Å². The SMILES string of the molecule is CO[C@H]1C(=O)[C@H](C)C[C@H](C)/C=C/C=C/C=C(\C)C(O)CC2CC[C@@H](C)[C@@](O)(O2)C(=O)C(=O)N2CCCC[C@H]2C(=O)O[C@H]([C@H](C)C[C@@H]2CC[C@@H](C)[C@H](O)C2)CC(=O)[C@H](C)/C=C(\C)[C@H]1C. The van der Waals surface area contributed by atoms with E-state index in [2.05, 4.69) is 0 Å². The quantitative estimate of drug-likeness (QED) is 0.146. The highest BCUT2D eigenvalue weighted by Gasteiger charge is 2.53. The molecule has 63 heavy (non-hydrogen) atoms. The van der Waals surface area contributed by atoms with Crippen molar-refractivity contribution in [2.24, 2.45) is 47.3 Å². The summed E-state index contributed by atoms with van der Waals surface area (Å²) < 4.78 is 18.1.